The third kappa shape index (κ3) is 4.83. The quantitative estimate of drug-likeness (QED) is 0.538. The highest BCUT2D eigenvalue weighted by Gasteiger charge is 2.25. The molecule has 5 rings (SSSR count). The molecule has 0 atom stereocenters. The second kappa shape index (κ2) is 8.62. The topological polar surface area (TPSA) is 110 Å². The van der Waals surface area contributed by atoms with Gasteiger partial charge >= 0.3 is 6.09 Å². The lowest BCUT2D eigenvalue weighted by atomic mass is 9.91. The second-order valence-electron chi connectivity index (χ2n) is 10.1. The van der Waals surface area contributed by atoms with Crippen LogP contribution in [0.1, 0.15) is 52.0 Å². The SMILES string of the molecule is CC(C)(C)OC(=O)NC1CCC(Nc2ccc3ncc(-c4ccc5c(c4)NC(=O)C5)n3n2)CC1. The number of carbonyl (C=O) groups excluding carboxylic acids is 2. The summed E-state index contributed by atoms with van der Waals surface area (Å²) in [5.74, 6) is 0.802. The first kappa shape index (κ1) is 22.2. The molecule has 1 aromatic carbocycles. The number of anilines is 2. The van der Waals surface area contributed by atoms with Crippen LogP contribution in [0, 0.1) is 0 Å². The standard InChI is InChI=1S/C25H30N6O3/c1-25(2,3)34-24(33)28-18-8-6-17(7-9-18)27-21-10-11-22-26-14-20(31(22)30-21)16-5-4-15-13-23(32)29-19(15)12-16/h4-5,10-12,14,17-18H,6-9,13H2,1-3H3,(H,27,30)(H,28,33)(H,29,32). The molecule has 0 bridgehead atoms. The zero-order valence-corrected chi connectivity index (χ0v) is 19.7. The Hall–Kier alpha value is -3.62. The van der Waals surface area contributed by atoms with Crippen molar-refractivity contribution in [3.05, 3.63) is 42.1 Å². The minimum Gasteiger partial charge on any atom is -0.444 e. The van der Waals surface area contributed by atoms with Crippen molar-refractivity contribution in [2.75, 3.05) is 10.6 Å². The van der Waals surface area contributed by atoms with Crippen LogP contribution < -0.4 is 16.0 Å². The zero-order valence-electron chi connectivity index (χ0n) is 19.7. The van der Waals surface area contributed by atoms with Crippen LogP contribution in [0.4, 0.5) is 16.3 Å². The number of amides is 2. The normalized spacial score (nSPS) is 20.0. The summed E-state index contributed by atoms with van der Waals surface area (Å²) in [5, 5.41) is 14.2. The molecule has 3 heterocycles. The molecule has 2 aliphatic rings. The number of ether oxygens (including phenoxy) is 1. The molecule has 9 heteroatoms. The first-order valence-electron chi connectivity index (χ1n) is 11.8. The van der Waals surface area contributed by atoms with Crippen molar-refractivity contribution in [3.63, 3.8) is 0 Å². The van der Waals surface area contributed by atoms with E-state index in [-0.39, 0.29) is 24.1 Å². The molecule has 2 amide bonds. The van der Waals surface area contributed by atoms with Crippen LogP contribution in [0.5, 0.6) is 0 Å². The Balaban J connectivity index is 1.24. The lowest BCUT2D eigenvalue weighted by Crippen LogP contribution is -2.42. The van der Waals surface area contributed by atoms with Gasteiger partial charge in [0.1, 0.15) is 11.4 Å². The Morgan fingerprint density at radius 3 is 2.65 bits per heavy atom. The highest BCUT2D eigenvalue weighted by atomic mass is 16.6. The van der Waals surface area contributed by atoms with E-state index < -0.39 is 5.60 Å². The number of imidazole rings is 1. The first-order chi connectivity index (χ1) is 16.2. The fourth-order valence-electron chi connectivity index (χ4n) is 4.59. The Morgan fingerprint density at radius 1 is 1.12 bits per heavy atom. The number of alkyl carbamates (subject to hydrolysis) is 1. The summed E-state index contributed by atoms with van der Waals surface area (Å²) in [6, 6.07) is 10.3. The van der Waals surface area contributed by atoms with Crippen LogP contribution in [0.2, 0.25) is 0 Å². The van der Waals surface area contributed by atoms with Gasteiger partial charge in [0.25, 0.3) is 0 Å². The molecule has 3 N–H and O–H groups in total. The highest BCUT2D eigenvalue weighted by molar-refractivity contribution is 5.99. The van der Waals surface area contributed by atoms with Gasteiger partial charge in [-0.25, -0.2) is 14.3 Å². The summed E-state index contributed by atoms with van der Waals surface area (Å²) in [6.45, 7) is 5.60. The molecule has 9 nitrogen and oxygen atoms in total. The van der Waals surface area contributed by atoms with Crippen LogP contribution in [0.25, 0.3) is 16.9 Å². The van der Waals surface area contributed by atoms with Crippen molar-refractivity contribution in [1.82, 2.24) is 19.9 Å². The summed E-state index contributed by atoms with van der Waals surface area (Å²) in [6.07, 6.45) is 5.51. The molecule has 2 aromatic heterocycles. The molecule has 0 radical (unpaired) electrons. The molecule has 1 aliphatic carbocycles. The molecule has 1 saturated carbocycles. The van der Waals surface area contributed by atoms with Gasteiger partial charge in [-0.15, -0.1) is 5.10 Å². The monoisotopic (exact) mass is 462 g/mol. The van der Waals surface area contributed by atoms with Crippen LogP contribution in [-0.4, -0.2) is 44.3 Å². The van der Waals surface area contributed by atoms with E-state index in [9.17, 15) is 9.59 Å². The van der Waals surface area contributed by atoms with Crippen LogP contribution in [0.3, 0.4) is 0 Å². The first-order valence-corrected chi connectivity index (χ1v) is 11.8. The Morgan fingerprint density at radius 2 is 1.88 bits per heavy atom. The number of benzene rings is 1. The van der Waals surface area contributed by atoms with E-state index in [4.69, 9.17) is 9.84 Å². The van der Waals surface area contributed by atoms with Crippen molar-refractivity contribution in [3.8, 4) is 11.3 Å². The molecule has 0 spiro atoms. The summed E-state index contributed by atoms with van der Waals surface area (Å²) >= 11 is 0. The van der Waals surface area contributed by atoms with Gasteiger partial charge in [-0.3, -0.25) is 4.79 Å². The van der Waals surface area contributed by atoms with E-state index in [1.807, 2.05) is 55.6 Å². The number of rotatable bonds is 4. The number of hydrogen-bond donors (Lipinski definition) is 3. The predicted molar refractivity (Wildman–Crippen MR) is 130 cm³/mol. The molecule has 1 fully saturated rings. The van der Waals surface area contributed by atoms with Gasteiger partial charge in [0.2, 0.25) is 5.91 Å². The van der Waals surface area contributed by atoms with Crippen molar-refractivity contribution in [2.45, 2.75) is 70.6 Å². The number of nitrogens with one attached hydrogen (secondary N) is 3. The molecular formula is C25H30N6O3. The van der Waals surface area contributed by atoms with E-state index in [0.29, 0.717) is 6.42 Å². The van der Waals surface area contributed by atoms with Gasteiger partial charge in [0.05, 0.1) is 18.3 Å². The van der Waals surface area contributed by atoms with Crippen LogP contribution in [-0.2, 0) is 16.0 Å². The molecule has 1 aliphatic heterocycles. The lowest BCUT2D eigenvalue weighted by molar-refractivity contribution is -0.115. The van der Waals surface area contributed by atoms with E-state index in [1.165, 1.54) is 0 Å². The van der Waals surface area contributed by atoms with Crippen molar-refractivity contribution in [2.24, 2.45) is 0 Å². The average molecular weight is 463 g/mol. The second-order valence-corrected chi connectivity index (χ2v) is 10.1. The highest BCUT2D eigenvalue weighted by Crippen LogP contribution is 2.30. The number of hydrogen-bond acceptors (Lipinski definition) is 6. The number of fused-ring (bicyclic) bond motifs is 2. The third-order valence-electron chi connectivity index (χ3n) is 6.19. The van der Waals surface area contributed by atoms with Crippen molar-refractivity contribution < 1.29 is 14.3 Å². The van der Waals surface area contributed by atoms with Gasteiger partial charge in [-0.05, 0) is 70.2 Å². The van der Waals surface area contributed by atoms with Gasteiger partial charge in [0.15, 0.2) is 5.65 Å². The summed E-state index contributed by atoms with van der Waals surface area (Å²) in [4.78, 5) is 28.2. The Bertz CT molecular complexity index is 1240. The minimum atomic E-state index is -0.493. The largest absolute Gasteiger partial charge is 0.444 e. The zero-order chi connectivity index (χ0) is 23.9. The third-order valence-corrected chi connectivity index (χ3v) is 6.19. The molecule has 3 aromatic rings. The fraction of sp³-hybridized carbons (Fsp3) is 0.440. The smallest absolute Gasteiger partial charge is 0.407 e. The Kier molecular flexibility index (Phi) is 5.63. The molecule has 0 saturated heterocycles. The predicted octanol–water partition coefficient (Wildman–Crippen LogP) is 4.14. The van der Waals surface area contributed by atoms with Gasteiger partial charge < -0.3 is 20.7 Å². The summed E-state index contributed by atoms with van der Waals surface area (Å²) in [7, 11) is 0. The van der Waals surface area contributed by atoms with Crippen LogP contribution in [0.15, 0.2) is 36.5 Å². The van der Waals surface area contributed by atoms with E-state index >= 15 is 0 Å². The van der Waals surface area contributed by atoms with E-state index in [0.717, 1.165) is 59.7 Å². The number of carbonyl (C=O) groups is 2. The van der Waals surface area contributed by atoms with Gasteiger partial charge in [-0.2, -0.15) is 0 Å². The lowest BCUT2D eigenvalue weighted by Gasteiger charge is -2.30. The van der Waals surface area contributed by atoms with Crippen molar-refractivity contribution in [1.29, 1.82) is 0 Å². The number of aromatic nitrogens is 3. The fourth-order valence-corrected chi connectivity index (χ4v) is 4.59. The summed E-state index contributed by atoms with van der Waals surface area (Å²) in [5.41, 5.74) is 3.95. The van der Waals surface area contributed by atoms with Crippen molar-refractivity contribution >= 4 is 29.2 Å². The minimum absolute atomic E-state index is 0.0194. The Labute approximate surface area is 198 Å². The summed E-state index contributed by atoms with van der Waals surface area (Å²) < 4.78 is 7.20. The van der Waals surface area contributed by atoms with E-state index in [2.05, 4.69) is 20.9 Å². The number of nitrogens with zero attached hydrogens (tertiary/aromatic N) is 3. The average Bonchev–Trinajstić information content (AvgIpc) is 3.35. The molecular weight excluding hydrogens is 432 g/mol. The maximum atomic E-state index is 12.0. The maximum absolute atomic E-state index is 12.0. The van der Waals surface area contributed by atoms with Crippen LogP contribution >= 0.6 is 0 Å². The van der Waals surface area contributed by atoms with Gasteiger partial charge in [0, 0.05) is 23.3 Å². The molecule has 178 valence electrons. The molecule has 34 heavy (non-hydrogen) atoms. The molecule has 0 unspecified atom stereocenters. The van der Waals surface area contributed by atoms with E-state index in [1.54, 1.807) is 6.20 Å². The maximum Gasteiger partial charge on any atom is 0.407 e. The van der Waals surface area contributed by atoms with Gasteiger partial charge in [-0.1, -0.05) is 12.1 Å².